The largest absolute Gasteiger partial charge is 0.394 e. The molecule has 17 N–H and O–H groups in total. The molecule has 0 spiro atoms. The van der Waals surface area contributed by atoms with Crippen LogP contribution in [-0.2, 0) is 42.6 Å². The molecule has 0 aromatic heterocycles. The van der Waals surface area contributed by atoms with Crippen LogP contribution in [0.4, 0.5) is 0 Å². The van der Waals surface area contributed by atoms with Crippen molar-refractivity contribution < 1.29 is 129 Å². The van der Waals surface area contributed by atoms with E-state index in [1.165, 1.54) is 27.7 Å². The molecule has 26 heteroatoms. The van der Waals surface area contributed by atoms with Crippen LogP contribution in [0.15, 0.2) is 11.6 Å². The number of aliphatic hydroxyl groups excluding tert-OH is 16. The number of hydrogen-bond acceptors (Lipinski definition) is 26. The Morgan fingerprint density at radius 3 is 1.80 bits per heavy atom. The summed E-state index contributed by atoms with van der Waals surface area (Å²) < 4.78 is 54.2. The Bertz CT molecular complexity index is 2220. The summed E-state index contributed by atoms with van der Waals surface area (Å²) in [5.41, 5.74) is -2.24. The fraction of sp³-hybridized carbons (Fsp3) is 0.967. The molecule has 3 unspecified atom stereocenters. The van der Waals surface area contributed by atoms with Crippen molar-refractivity contribution in [2.24, 2.45) is 51.2 Å². The van der Waals surface area contributed by atoms with E-state index in [1.807, 2.05) is 0 Å². The van der Waals surface area contributed by atoms with E-state index in [9.17, 15) is 86.8 Å². The van der Waals surface area contributed by atoms with Gasteiger partial charge in [0.25, 0.3) is 0 Å². The van der Waals surface area contributed by atoms with Crippen molar-refractivity contribution in [1.82, 2.24) is 0 Å². The maximum Gasteiger partial charge on any atom is 0.187 e. The van der Waals surface area contributed by atoms with E-state index in [0.29, 0.717) is 32.1 Å². The van der Waals surface area contributed by atoms with E-state index in [2.05, 4.69) is 47.6 Å². The number of hydrogen-bond donors (Lipinski definition) is 17. The van der Waals surface area contributed by atoms with Gasteiger partial charge in [-0.2, -0.15) is 0 Å². The molecule has 26 nitrogen and oxygen atoms in total. The highest BCUT2D eigenvalue weighted by molar-refractivity contribution is 5.32. The van der Waals surface area contributed by atoms with E-state index in [-0.39, 0.29) is 47.5 Å². The van der Waals surface area contributed by atoms with Gasteiger partial charge in [0, 0.05) is 16.7 Å². The topological polar surface area (TPSA) is 427 Å². The minimum atomic E-state index is -1.92. The van der Waals surface area contributed by atoms with Crippen LogP contribution in [0.5, 0.6) is 0 Å². The predicted octanol–water partition coefficient (Wildman–Crippen LogP) is -2.83. The second-order valence-corrected chi connectivity index (χ2v) is 28.4. The molecule has 7 fully saturated rings. The van der Waals surface area contributed by atoms with E-state index >= 15 is 0 Å². The second kappa shape index (κ2) is 27.3. The van der Waals surface area contributed by atoms with Crippen molar-refractivity contribution in [3.8, 4) is 0 Å². The normalized spacial score (nSPS) is 48.9. The zero-order valence-electron chi connectivity index (χ0n) is 51.4. The van der Waals surface area contributed by atoms with Crippen molar-refractivity contribution in [3.05, 3.63) is 11.6 Å². The monoisotopic (exact) mass is 1240 g/mol. The van der Waals surface area contributed by atoms with Gasteiger partial charge < -0.3 is 129 Å². The zero-order chi connectivity index (χ0) is 63.7. The Hall–Kier alpha value is -1.30. The Morgan fingerprint density at radius 2 is 1.19 bits per heavy atom. The number of fused-ring (bicyclic) bond motifs is 5. The highest BCUT2D eigenvalue weighted by Crippen LogP contribution is 2.75. The SMILES string of the molecule is C[C@@H]1[C@@H](O)[C@H](OC[C@H]2O[C@@H](O[C@H](CC[C@@H](C)C3CC[C@@]4(C)C5CC=C6C(CC[C@H](O[C@@H]7O[C@H](COC[C@H](O)[C@@H](O)[C@@H](C)O)[C@@H](O)[C@H](O)[C@H]7O)C6(C)C)[C@]5(C)[C@H](O)C[C@]34C)C(C)(C)O)[C@H](O[C@@H]3O[C@H](CO)[C@@H](O)[C@H](O)[C@H]3O)[C@@H](O)[C@@H]2O)O[C@H](CO)[C@H]1O. The molecule has 33 atom stereocenters. The fourth-order valence-electron chi connectivity index (χ4n) is 16.5. The summed E-state index contributed by atoms with van der Waals surface area (Å²) in [6.07, 6.45) is -29.0. The van der Waals surface area contributed by atoms with E-state index in [4.69, 9.17) is 42.6 Å². The summed E-state index contributed by atoms with van der Waals surface area (Å²) in [7, 11) is 0. The van der Waals surface area contributed by atoms with Gasteiger partial charge >= 0.3 is 0 Å². The summed E-state index contributed by atoms with van der Waals surface area (Å²) in [5.74, 6) is -0.664. The molecule has 8 aliphatic rings. The molecule has 4 saturated heterocycles. The summed E-state index contributed by atoms with van der Waals surface area (Å²) >= 11 is 0. The summed E-state index contributed by atoms with van der Waals surface area (Å²) in [6, 6.07) is 0. The maximum absolute atomic E-state index is 12.8. The van der Waals surface area contributed by atoms with Crippen LogP contribution in [0.1, 0.15) is 121 Å². The van der Waals surface area contributed by atoms with Crippen molar-refractivity contribution in [2.45, 2.75) is 280 Å². The average Bonchev–Trinajstić information content (AvgIpc) is 1.27. The van der Waals surface area contributed by atoms with Crippen LogP contribution >= 0.6 is 0 Å². The Kier molecular flexibility index (Phi) is 22.4. The molecule has 8 rings (SSSR count). The van der Waals surface area contributed by atoms with Crippen LogP contribution < -0.4 is 0 Å². The number of allylic oxidation sites excluding steroid dienone is 1. The quantitative estimate of drug-likeness (QED) is 0.0486. The highest BCUT2D eigenvalue weighted by Gasteiger charge is 2.70. The minimum Gasteiger partial charge on any atom is -0.394 e. The van der Waals surface area contributed by atoms with Crippen molar-refractivity contribution in [2.75, 3.05) is 33.0 Å². The highest BCUT2D eigenvalue weighted by atomic mass is 16.8. The van der Waals surface area contributed by atoms with Gasteiger partial charge in [-0.25, -0.2) is 0 Å². The summed E-state index contributed by atoms with van der Waals surface area (Å²) in [4.78, 5) is 0. The average molecular weight is 1240 g/mol. The minimum absolute atomic E-state index is 0.00154. The maximum atomic E-state index is 12.8. The van der Waals surface area contributed by atoms with E-state index in [1.54, 1.807) is 0 Å². The second-order valence-electron chi connectivity index (χ2n) is 28.4. The van der Waals surface area contributed by atoms with Gasteiger partial charge in [-0.15, -0.1) is 0 Å². The third-order valence-electron chi connectivity index (χ3n) is 22.4. The van der Waals surface area contributed by atoms with Crippen LogP contribution in [0.2, 0.25) is 0 Å². The van der Waals surface area contributed by atoms with Crippen LogP contribution in [0.3, 0.4) is 0 Å². The van der Waals surface area contributed by atoms with Crippen LogP contribution in [0.25, 0.3) is 0 Å². The molecule has 0 bridgehead atoms. The molecule has 3 saturated carbocycles. The lowest BCUT2D eigenvalue weighted by Crippen LogP contribution is -2.65. The Balaban J connectivity index is 0.962. The molecule has 4 aliphatic carbocycles. The molecular formula is C60H104O26. The van der Waals surface area contributed by atoms with E-state index in [0.717, 1.165) is 18.4 Å². The number of aliphatic hydroxyl groups is 17. The van der Waals surface area contributed by atoms with Crippen molar-refractivity contribution in [3.63, 3.8) is 0 Å². The number of ether oxygens (including phenoxy) is 9. The van der Waals surface area contributed by atoms with Crippen molar-refractivity contribution >= 4 is 0 Å². The standard InChI is InChI=1S/C60H104O26/c1-25(11-15-39(57(6,7)77)85-55-51(86-54-50(76)46(72)43(69)33(21-62)81-54)48(74)45(71)35(83-55)24-79-52-41(67)26(2)40(66)32(20-61)80-52)28-17-18-58(8)36-14-12-29-30(60(36,10)37(65)19-59(28,58)9)13-16-38(56(29,4)5)84-53-49(75)47(73)44(70)34(82-53)23-78-22-31(64)42(68)27(3)63/h12,25-28,30-55,61-77H,11,13-24H2,1-10H3/t25-,26+,27-,28?,30?,31+,32-,33-,34-,35-,36?,37-,38+,39-,40+,41-,42+,43-,44-,45-,46+,47+,48+,49-,50-,51-,52-,53+,54+,55+,58+,59-,60+/m1/s1. The molecule has 4 heterocycles. The first-order valence-electron chi connectivity index (χ1n) is 31.1. The molecule has 0 radical (unpaired) electrons. The summed E-state index contributed by atoms with van der Waals surface area (Å²) in [5, 5.41) is 184. The first-order chi connectivity index (χ1) is 40.1. The summed E-state index contributed by atoms with van der Waals surface area (Å²) in [6.45, 7) is 16.5. The van der Waals surface area contributed by atoms with Gasteiger partial charge in [-0.1, -0.05) is 60.1 Å². The molecule has 86 heavy (non-hydrogen) atoms. The van der Waals surface area contributed by atoms with Gasteiger partial charge in [0.1, 0.15) is 97.7 Å². The predicted molar refractivity (Wildman–Crippen MR) is 298 cm³/mol. The van der Waals surface area contributed by atoms with Crippen molar-refractivity contribution in [1.29, 1.82) is 0 Å². The Morgan fingerprint density at radius 1 is 0.628 bits per heavy atom. The zero-order valence-corrected chi connectivity index (χ0v) is 51.4. The van der Waals surface area contributed by atoms with Gasteiger partial charge in [-0.3, -0.25) is 0 Å². The smallest absolute Gasteiger partial charge is 0.187 e. The first-order valence-corrected chi connectivity index (χ1v) is 31.1. The lowest BCUT2D eigenvalue weighted by molar-refractivity contribution is -0.380. The van der Waals surface area contributed by atoms with Gasteiger partial charge in [0.05, 0.1) is 69.2 Å². The molecule has 0 aromatic carbocycles. The van der Waals surface area contributed by atoms with Gasteiger partial charge in [0.2, 0.25) is 0 Å². The third kappa shape index (κ3) is 13.2. The molecule has 500 valence electrons. The third-order valence-corrected chi connectivity index (χ3v) is 22.4. The molecule has 0 amide bonds. The lowest BCUT2D eigenvalue weighted by Gasteiger charge is -2.67. The van der Waals surface area contributed by atoms with Crippen LogP contribution in [-0.4, -0.2) is 279 Å². The fourth-order valence-corrected chi connectivity index (χ4v) is 16.5. The first kappa shape index (κ1) is 70.6. The van der Waals surface area contributed by atoms with Gasteiger partial charge in [-0.05, 0) is 107 Å². The van der Waals surface area contributed by atoms with Gasteiger partial charge in [0.15, 0.2) is 25.2 Å². The van der Waals surface area contributed by atoms with Crippen LogP contribution in [0, 0.1) is 51.2 Å². The molecule has 0 aromatic rings. The molecular weight excluding hydrogens is 1140 g/mol. The lowest BCUT2D eigenvalue weighted by atomic mass is 9.38. The Labute approximate surface area is 503 Å². The van der Waals surface area contributed by atoms with E-state index < -0.39 is 202 Å². The number of rotatable bonds is 22. The molecule has 4 aliphatic heterocycles.